The maximum Gasteiger partial charge on any atom is 0.285 e. The molecule has 2 atom stereocenters. The van der Waals surface area contributed by atoms with E-state index in [2.05, 4.69) is 15.9 Å². The molecular weight excluding hydrogens is 472 g/mol. The third kappa shape index (κ3) is 2.09. The summed E-state index contributed by atoms with van der Waals surface area (Å²) in [6.07, 6.45) is 0. The van der Waals surface area contributed by atoms with Gasteiger partial charge in [-0.2, -0.15) is 0 Å². The molecular formula is C25H17BrN2O4. The molecule has 3 aromatic rings. The highest BCUT2D eigenvalue weighted by Crippen LogP contribution is 2.64. The van der Waals surface area contributed by atoms with Crippen LogP contribution in [0.5, 0.6) is 0 Å². The number of nitrogens with zero attached hydrogens (tertiary/aromatic N) is 2. The summed E-state index contributed by atoms with van der Waals surface area (Å²) in [5.41, 5.74) is 2.15. The second-order valence-corrected chi connectivity index (χ2v) is 9.48. The fraction of sp³-hybridized carbons (Fsp3) is 0.200. The van der Waals surface area contributed by atoms with E-state index in [1.807, 2.05) is 37.3 Å². The monoisotopic (exact) mass is 488 g/mol. The van der Waals surface area contributed by atoms with Crippen LogP contribution < -0.4 is 4.90 Å². The van der Waals surface area contributed by atoms with Gasteiger partial charge < -0.3 is 0 Å². The van der Waals surface area contributed by atoms with Gasteiger partial charge in [0.1, 0.15) is 5.92 Å². The highest BCUT2D eigenvalue weighted by Gasteiger charge is 2.74. The molecule has 0 aromatic heterocycles. The summed E-state index contributed by atoms with van der Waals surface area (Å²) in [7, 11) is 0. The molecule has 1 heterocycles. The van der Waals surface area contributed by atoms with Gasteiger partial charge in [0.2, 0.25) is 11.8 Å². The van der Waals surface area contributed by atoms with Crippen molar-refractivity contribution in [3.05, 3.63) is 109 Å². The predicted molar refractivity (Wildman–Crippen MR) is 121 cm³/mol. The minimum atomic E-state index is -1.80. The van der Waals surface area contributed by atoms with Crippen LogP contribution >= 0.6 is 15.9 Å². The smallest absolute Gasteiger partial charge is 0.274 e. The van der Waals surface area contributed by atoms with Crippen LogP contribution in [0, 0.1) is 28.9 Å². The molecule has 0 radical (unpaired) electrons. The molecule has 0 N–H and O–H groups in total. The van der Waals surface area contributed by atoms with E-state index in [1.165, 1.54) is 0 Å². The number of carbonyl (C=O) groups excluding carboxylic acids is 2. The van der Waals surface area contributed by atoms with E-state index in [1.54, 1.807) is 36.4 Å². The standard InChI is InChI=1S/C25H17BrN2O4/c1-13-10-11-14(12-19(13)26)27-23(29)21-20-15-6-2-4-8-17(15)25(28(31)32,22(21)24(27)30)18-9-5-3-7-16(18)20/h2-12,20-22H,1H3/t20?,21-,22-,25?/m1/s1. The molecule has 6 nitrogen and oxygen atoms in total. The summed E-state index contributed by atoms with van der Waals surface area (Å²) >= 11 is 3.47. The van der Waals surface area contributed by atoms with Gasteiger partial charge in [-0.1, -0.05) is 70.5 Å². The van der Waals surface area contributed by atoms with Crippen LogP contribution in [0.3, 0.4) is 0 Å². The number of halogens is 1. The predicted octanol–water partition coefficient (Wildman–Crippen LogP) is 4.54. The average molecular weight is 489 g/mol. The first-order chi connectivity index (χ1) is 15.4. The fourth-order valence-electron chi connectivity index (χ4n) is 6.02. The number of hydrogen-bond acceptors (Lipinski definition) is 4. The average Bonchev–Trinajstić information content (AvgIpc) is 3.06. The van der Waals surface area contributed by atoms with Crippen LogP contribution in [0.2, 0.25) is 0 Å². The van der Waals surface area contributed by atoms with E-state index in [0.29, 0.717) is 16.8 Å². The molecule has 0 saturated carbocycles. The van der Waals surface area contributed by atoms with Crippen molar-refractivity contribution in [2.24, 2.45) is 11.8 Å². The lowest BCUT2D eigenvalue weighted by molar-refractivity contribution is -0.578. The number of imide groups is 1. The maximum atomic E-state index is 13.9. The van der Waals surface area contributed by atoms with Crippen molar-refractivity contribution in [1.82, 2.24) is 0 Å². The first kappa shape index (κ1) is 19.4. The molecule has 3 aliphatic carbocycles. The zero-order chi connectivity index (χ0) is 22.4. The Balaban J connectivity index is 1.66. The maximum absolute atomic E-state index is 13.9. The van der Waals surface area contributed by atoms with Crippen LogP contribution in [-0.4, -0.2) is 16.7 Å². The Kier molecular flexibility index (Phi) is 3.85. The third-order valence-corrected chi connectivity index (χ3v) is 8.13. The molecule has 158 valence electrons. The zero-order valence-corrected chi connectivity index (χ0v) is 18.6. The Morgan fingerprint density at radius 2 is 1.53 bits per heavy atom. The molecule has 1 aliphatic heterocycles. The van der Waals surface area contributed by atoms with Gasteiger partial charge in [0.15, 0.2) is 0 Å². The van der Waals surface area contributed by atoms with Crippen molar-refractivity contribution in [3.8, 4) is 0 Å². The number of nitro groups is 1. The van der Waals surface area contributed by atoms with Gasteiger partial charge in [-0.3, -0.25) is 19.7 Å². The normalized spacial score (nSPS) is 27.2. The second kappa shape index (κ2) is 6.36. The van der Waals surface area contributed by atoms with Gasteiger partial charge in [0.25, 0.3) is 5.54 Å². The number of benzene rings is 3. The first-order valence-electron chi connectivity index (χ1n) is 10.4. The summed E-state index contributed by atoms with van der Waals surface area (Å²) in [5.74, 6) is -3.21. The van der Waals surface area contributed by atoms with Gasteiger partial charge in [-0.15, -0.1) is 0 Å². The van der Waals surface area contributed by atoms with Crippen molar-refractivity contribution in [1.29, 1.82) is 0 Å². The van der Waals surface area contributed by atoms with E-state index in [0.717, 1.165) is 26.1 Å². The number of carbonyl (C=O) groups is 2. The largest absolute Gasteiger partial charge is 0.285 e. The Labute approximate surface area is 192 Å². The minimum Gasteiger partial charge on any atom is -0.274 e. The molecule has 0 spiro atoms. The third-order valence-electron chi connectivity index (χ3n) is 7.27. The van der Waals surface area contributed by atoms with E-state index in [-0.39, 0.29) is 10.8 Å². The number of rotatable bonds is 2. The summed E-state index contributed by atoms with van der Waals surface area (Å²) in [5, 5.41) is 12.9. The van der Waals surface area contributed by atoms with Crippen LogP contribution in [-0.2, 0) is 15.1 Å². The van der Waals surface area contributed by atoms with E-state index in [4.69, 9.17) is 0 Å². The molecule has 2 amide bonds. The topological polar surface area (TPSA) is 80.5 Å². The molecule has 4 aliphatic rings. The molecule has 1 saturated heterocycles. The Hall–Kier alpha value is -3.32. The van der Waals surface area contributed by atoms with Gasteiger partial charge >= 0.3 is 0 Å². The fourth-order valence-corrected chi connectivity index (χ4v) is 6.38. The van der Waals surface area contributed by atoms with Gasteiger partial charge in [-0.05, 0) is 35.7 Å². The summed E-state index contributed by atoms with van der Waals surface area (Å²) < 4.78 is 0.768. The molecule has 0 unspecified atom stereocenters. The molecule has 1 fully saturated rings. The minimum absolute atomic E-state index is 0.350. The lowest BCUT2D eigenvalue weighted by Gasteiger charge is -2.48. The van der Waals surface area contributed by atoms with Crippen LogP contribution in [0.4, 0.5) is 5.69 Å². The SMILES string of the molecule is Cc1ccc(N2C(=O)[C@@H]3C4c5ccccc5C([N+](=O)[O-])(c5ccccc54)[C@H]3C2=O)cc1Br. The molecule has 7 rings (SSSR count). The van der Waals surface area contributed by atoms with Gasteiger partial charge in [0.05, 0.1) is 11.6 Å². The highest BCUT2D eigenvalue weighted by molar-refractivity contribution is 9.10. The lowest BCUT2D eigenvalue weighted by atomic mass is 9.51. The lowest BCUT2D eigenvalue weighted by Crippen LogP contribution is -2.57. The Bertz CT molecular complexity index is 1320. The van der Waals surface area contributed by atoms with Crippen molar-refractivity contribution >= 4 is 33.4 Å². The Morgan fingerprint density at radius 1 is 0.938 bits per heavy atom. The molecule has 32 heavy (non-hydrogen) atoms. The summed E-state index contributed by atoms with van der Waals surface area (Å²) in [4.78, 5) is 41.4. The van der Waals surface area contributed by atoms with Crippen molar-refractivity contribution in [3.63, 3.8) is 0 Å². The van der Waals surface area contributed by atoms with Gasteiger partial charge in [-0.25, -0.2) is 4.90 Å². The van der Waals surface area contributed by atoms with Gasteiger partial charge in [0, 0.05) is 26.4 Å². The van der Waals surface area contributed by atoms with Crippen LogP contribution in [0.15, 0.2) is 71.2 Å². The van der Waals surface area contributed by atoms with E-state index in [9.17, 15) is 19.7 Å². The van der Waals surface area contributed by atoms with Crippen molar-refractivity contribution < 1.29 is 14.5 Å². The van der Waals surface area contributed by atoms with E-state index >= 15 is 0 Å². The van der Waals surface area contributed by atoms with Crippen molar-refractivity contribution in [2.45, 2.75) is 18.4 Å². The van der Waals surface area contributed by atoms with E-state index < -0.39 is 29.2 Å². The molecule has 7 heteroatoms. The number of hydrogen-bond donors (Lipinski definition) is 0. The van der Waals surface area contributed by atoms with Crippen molar-refractivity contribution in [2.75, 3.05) is 4.90 Å². The molecule has 2 bridgehead atoms. The quantitative estimate of drug-likeness (QED) is 0.301. The second-order valence-electron chi connectivity index (χ2n) is 8.62. The number of amides is 2. The highest BCUT2D eigenvalue weighted by atomic mass is 79.9. The summed E-state index contributed by atoms with van der Waals surface area (Å²) in [6, 6.07) is 19.6. The van der Waals surface area contributed by atoms with Crippen LogP contribution in [0.25, 0.3) is 0 Å². The summed E-state index contributed by atoms with van der Waals surface area (Å²) in [6.45, 7) is 1.91. The Morgan fingerprint density at radius 3 is 2.09 bits per heavy atom. The van der Waals surface area contributed by atoms with Crippen LogP contribution in [0.1, 0.15) is 33.7 Å². The number of anilines is 1. The first-order valence-corrected chi connectivity index (χ1v) is 11.2. The number of aryl methyl sites for hydroxylation is 1. The zero-order valence-electron chi connectivity index (χ0n) is 17.0. The molecule has 3 aromatic carbocycles.